The summed E-state index contributed by atoms with van der Waals surface area (Å²) in [6, 6.07) is 4.16. The van der Waals surface area contributed by atoms with E-state index >= 15 is 0 Å². The largest absolute Gasteiger partial charge is 0.304 e. The van der Waals surface area contributed by atoms with Crippen LogP contribution in [0.25, 0.3) is 0 Å². The predicted octanol–water partition coefficient (Wildman–Crippen LogP) is 2.00. The zero-order valence-corrected chi connectivity index (χ0v) is 14.1. The van der Waals surface area contributed by atoms with Crippen LogP contribution in [0.2, 0.25) is 0 Å². The van der Waals surface area contributed by atoms with Crippen LogP contribution in [0.3, 0.4) is 0 Å². The standard InChI is InChI=1S/C13H19FN2O2S.C2H6/c1-15-5-7-16(8-6-15)10-11-3-4-12(9-13(11)14)19(2,17)18;1-2/h3-4,9H,5-8,10H2,1-2H3;1-2H3. The van der Waals surface area contributed by atoms with E-state index in [2.05, 4.69) is 16.8 Å². The first-order valence-electron chi connectivity index (χ1n) is 7.25. The number of benzene rings is 1. The molecule has 1 aliphatic rings. The van der Waals surface area contributed by atoms with E-state index in [1.165, 1.54) is 6.07 Å². The second-order valence-corrected chi connectivity index (χ2v) is 7.12. The molecular formula is C15H25FN2O2S. The van der Waals surface area contributed by atoms with Gasteiger partial charge in [0.15, 0.2) is 9.84 Å². The van der Waals surface area contributed by atoms with Crippen molar-refractivity contribution < 1.29 is 12.8 Å². The SMILES string of the molecule is CC.CN1CCN(Cc2ccc(S(C)(=O)=O)cc2F)CC1. The van der Waals surface area contributed by atoms with E-state index in [1.54, 1.807) is 6.07 Å². The molecule has 120 valence electrons. The number of hydrogen-bond donors (Lipinski definition) is 0. The average molecular weight is 316 g/mol. The van der Waals surface area contributed by atoms with Crippen LogP contribution in [-0.4, -0.2) is 57.7 Å². The lowest BCUT2D eigenvalue weighted by atomic mass is 10.2. The first-order valence-corrected chi connectivity index (χ1v) is 9.15. The lowest BCUT2D eigenvalue weighted by molar-refractivity contribution is 0.147. The molecule has 1 aromatic carbocycles. The monoisotopic (exact) mass is 316 g/mol. The fourth-order valence-corrected chi connectivity index (χ4v) is 2.77. The number of hydrogen-bond acceptors (Lipinski definition) is 4. The highest BCUT2D eigenvalue weighted by Gasteiger charge is 2.17. The third-order valence-corrected chi connectivity index (χ3v) is 4.55. The Balaban J connectivity index is 0.00000106. The van der Waals surface area contributed by atoms with Gasteiger partial charge in [0.1, 0.15) is 5.82 Å². The van der Waals surface area contributed by atoms with Gasteiger partial charge in [-0.1, -0.05) is 19.9 Å². The molecule has 0 unspecified atom stereocenters. The van der Waals surface area contributed by atoms with Crippen LogP contribution in [0.15, 0.2) is 23.1 Å². The molecule has 0 saturated carbocycles. The van der Waals surface area contributed by atoms with Gasteiger partial charge in [-0.15, -0.1) is 0 Å². The van der Waals surface area contributed by atoms with Gasteiger partial charge in [-0.2, -0.15) is 0 Å². The Morgan fingerprint density at radius 2 is 1.71 bits per heavy atom. The van der Waals surface area contributed by atoms with Crippen molar-refractivity contribution in [1.82, 2.24) is 9.80 Å². The van der Waals surface area contributed by atoms with E-state index in [9.17, 15) is 12.8 Å². The van der Waals surface area contributed by atoms with Gasteiger partial charge in [-0.05, 0) is 19.2 Å². The average Bonchev–Trinajstić information content (AvgIpc) is 2.44. The van der Waals surface area contributed by atoms with Crippen molar-refractivity contribution in [1.29, 1.82) is 0 Å². The van der Waals surface area contributed by atoms with Crippen LogP contribution < -0.4 is 0 Å². The molecule has 4 nitrogen and oxygen atoms in total. The third kappa shape index (κ3) is 5.37. The van der Waals surface area contributed by atoms with Gasteiger partial charge in [0.25, 0.3) is 0 Å². The van der Waals surface area contributed by atoms with Crippen LogP contribution in [-0.2, 0) is 16.4 Å². The molecule has 1 aliphatic heterocycles. The molecule has 1 fully saturated rings. The summed E-state index contributed by atoms with van der Waals surface area (Å²) >= 11 is 0. The third-order valence-electron chi connectivity index (χ3n) is 3.44. The van der Waals surface area contributed by atoms with Gasteiger partial charge < -0.3 is 4.90 Å². The molecule has 0 amide bonds. The van der Waals surface area contributed by atoms with Crippen molar-refractivity contribution in [3.8, 4) is 0 Å². The fraction of sp³-hybridized carbons (Fsp3) is 0.600. The van der Waals surface area contributed by atoms with Gasteiger partial charge >= 0.3 is 0 Å². The highest BCUT2D eigenvalue weighted by molar-refractivity contribution is 7.90. The number of piperazine rings is 1. The minimum atomic E-state index is -3.34. The Labute approximate surface area is 127 Å². The number of sulfone groups is 1. The van der Waals surface area contributed by atoms with Crippen molar-refractivity contribution in [3.63, 3.8) is 0 Å². The number of halogens is 1. The molecule has 21 heavy (non-hydrogen) atoms. The Morgan fingerprint density at radius 3 is 2.19 bits per heavy atom. The topological polar surface area (TPSA) is 40.6 Å². The first kappa shape index (κ1) is 18.1. The summed E-state index contributed by atoms with van der Waals surface area (Å²) in [7, 11) is -1.27. The predicted molar refractivity (Wildman–Crippen MR) is 83.6 cm³/mol. The molecule has 0 aliphatic carbocycles. The van der Waals surface area contributed by atoms with Crippen LogP contribution >= 0.6 is 0 Å². The minimum absolute atomic E-state index is 0.0344. The van der Waals surface area contributed by atoms with Crippen LogP contribution in [0.5, 0.6) is 0 Å². The van der Waals surface area contributed by atoms with Gasteiger partial charge in [-0.25, -0.2) is 12.8 Å². The fourth-order valence-electron chi connectivity index (χ4n) is 2.13. The zero-order valence-electron chi connectivity index (χ0n) is 13.3. The Morgan fingerprint density at radius 1 is 1.14 bits per heavy atom. The Bertz CT molecular complexity index is 553. The van der Waals surface area contributed by atoms with Crippen molar-refractivity contribution in [3.05, 3.63) is 29.6 Å². The molecule has 1 saturated heterocycles. The van der Waals surface area contributed by atoms with Crippen molar-refractivity contribution in [2.75, 3.05) is 39.5 Å². The van der Waals surface area contributed by atoms with Crippen LogP contribution in [0.1, 0.15) is 19.4 Å². The lowest BCUT2D eigenvalue weighted by Crippen LogP contribution is -2.44. The molecule has 1 heterocycles. The maximum Gasteiger partial charge on any atom is 0.175 e. The van der Waals surface area contributed by atoms with E-state index in [1.807, 2.05) is 13.8 Å². The number of nitrogens with zero attached hydrogens (tertiary/aromatic N) is 2. The molecule has 0 bridgehead atoms. The van der Waals surface area contributed by atoms with Crippen molar-refractivity contribution in [2.24, 2.45) is 0 Å². The first-order chi connectivity index (χ1) is 9.86. The number of likely N-dealkylation sites (N-methyl/N-ethyl adjacent to an activating group) is 1. The number of rotatable bonds is 3. The van der Waals surface area contributed by atoms with E-state index in [4.69, 9.17) is 0 Å². The Kier molecular flexibility index (Phi) is 6.77. The molecule has 0 radical (unpaired) electrons. The summed E-state index contributed by atoms with van der Waals surface area (Å²) in [6.07, 6.45) is 1.09. The second-order valence-electron chi connectivity index (χ2n) is 5.10. The molecular weight excluding hydrogens is 291 g/mol. The quantitative estimate of drug-likeness (QED) is 0.855. The summed E-state index contributed by atoms with van der Waals surface area (Å²) in [5.41, 5.74) is 0.553. The van der Waals surface area contributed by atoms with Crippen molar-refractivity contribution >= 4 is 9.84 Å². The second kappa shape index (κ2) is 7.87. The molecule has 0 N–H and O–H groups in total. The normalized spacial score (nSPS) is 17.2. The highest BCUT2D eigenvalue weighted by Crippen LogP contribution is 2.17. The molecule has 1 aromatic rings. The smallest absolute Gasteiger partial charge is 0.175 e. The van der Waals surface area contributed by atoms with Gasteiger partial charge in [-0.3, -0.25) is 4.90 Å². The van der Waals surface area contributed by atoms with Gasteiger partial charge in [0, 0.05) is 44.5 Å². The van der Waals surface area contributed by atoms with E-state index in [0.29, 0.717) is 12.1 Å². The molecule has 0 spiro atoms. The lowest BCUT2D eigenvalue weighted by Gasteiger charge is -2.32. The highest BCUT2D eigenvalue weighted by atomic mass is 32.2. The molecule has 0 atom stereocenters. The van der Waals surface area contributed by atoms with E-state index in [-0.39, 0.29) is 4.90 Å². The zero-order chi connectivity index (χ0) is 16.0. The van der Waals surface area contributed by atoms with Crippen molar-refractivity contribution in [2.45, 2.75) is 25.3 Å². The summed E-state index contributed by atoms with van der Waals surface area (Å²) in [5.74, 6) is -0.443. The Hall–Kier alpha value is -0.980. The minimum Gasteiger partial charge on any atom is -0.304 e. The molecule has 2 rings (SSSR count). The maximum atomic E-state index is 13.9. The molecule has 6 heteroatoms. The molecule has 0 aromatic heterocycles. The van der Waals surface area contributed by atoms with Crippen LogP contribution in [0.4, 0.5) is 4.39 Å². The summed E-state index contributed by atoms with van der Waals surface area (Å²) < 4.78 is 36.6. The maximum absolute atomic E-state index is 13.9. The van der Waals surface area contributed by atoms with Crippen LogP contribution in [0, 0.1) is 5.82 Å². The summed E-state index contributed by atoms with van der Waals surface area (Å²) in [5, 5.41) is 0. The van der Waals surface area contributed by atoms with Gasteiger partial charge in [0.2, 0.25) is 0 Å². The van der Waals surface area contributed by atoms with E-state index < -0.39 is 15.7 Å². The summed E-state index contributed by atoms with van der Waals surface area (Å²) in [4.78, 5) is 4.45. The van der Waals surface area contributed by atoms with E-state index in [0.717, 1.165) is 38.5 Å². The summed E-state index contributed by atoms with van der Waals surface area (Å²) in [6.45, 7) is 8.29. The van der Waals surface area contributed by atoms with Gasteiger partial charge in [0.05, 0.1) is 4.90 Å².